The normalized spacial score (nSPS) is 11.1. The summed E-state index contributed by atoms with van der Waals surface area (Å²) in [5.74, 6) is 0.836. The molecule has 0 bridgehead atoms. The Morgan fingerprint density at radius 2 is 1.63 bits per heavy atom. The van der Waals surface area contributed by atoms with Crippen LogP contribution in [0.15, 0.2) is 23.0 Å². The van der Waals surface area contributed by atoms with Gasteiger partial charge in [-0.15, -0.1) is 0 Å². The van der Waals surface area contributed by atoms with Gasteiger partial charge in [0, 0.05) is 16.8 Å². The summed E-state index contributed by atoms with van der Waals surface area (Å²) < 4.78 is 0. The van der Waals surface area contributed by atoms with Crippen LogP contribution in [0.3, 0.4) is 0 Å². The van der Waals surface area contributed by atoms with Crippen LogP contribution in [0.5, 0.6) is 0 Å². The lowest BCUT2D eigenvalue weighted by Gasteiger charge is -2.10. The van der Waals surface area contributed by atoms with Crippen molar-refractivity contribution >= 4 is 0 Å². The second kappa shape index (κ2) is 5.00. The predicted molar refractivity (Wildman–Crippen MR) is 78.6 cm³/mol. The molecule has 1 N–H and O–H groups in total. The molecule has 0 atom stereocenters. The minimum Gasteiger partial charge on any atom is -0.306 e. The molecule has 3 heteroatoms. The van der Waals surface area contributed by atoms with Gasteiger partial charge in [0.15, 0.2) is 0 Å². The van der Waals surface area contributed by atoms with Crippen molar-refractivity contribution in [2.24, 2.45) is 0 Å². The van der Waals surface area contributed by atoms with E-state index < -0.39 is 0 Å². The molecule has 0 aliphatic carbocycles. The van der Waals surface area contributed by atoms with Gasteiger partial charge < -0.3 is 4.98 Å². The van der Waals surface area contributed by atoms with E-state index in [1.54, 1.807) is 0 Å². The van der Waals surface area contributed by atoms with Gasteiger partial charge in [0.1, 0.15) is 5.82 Å². The van der Waals surface area contributed by atoms with Gasteiger partial charge in [-0.1, -0.05) is 31.0 Å². The number of hydrogen-bond donors (Lipinski definition) is 1. The molecule has 0 aliphatic heterocycles. The summed E-state index contributed by atoms with van der Waals surface area (Å²) in [5.41, 5.74) is 4.86. The number of nitrogens with one attached hydrogen (secondary N) is 1. The van der Waals surface area contributed by atoms with Gasteiger partial charge in [-0.3, -0.25) is 4.79 Å². The standard InChI is InChI=1S/C16H20N2O/c1-9(2)14-12(5)17-15(18-16(14)19)13-7-10(3)6-11(4)8-13/h6-9H,1-5H3,(H,17,18,19). The monoisotopic (exact) mass is 256 g/mol. The maximum Gasteiger partial charge on any atom is 0.254 e. The van der Waals surface area contributed by atoms with Crippen LogP contribution in [0.4, 0.5) is 0 Å². The van der Waals surface area contributed by atoms with E-state index in [0.29, 0.717) is 5.82 Å². The quantitative estimate of drug-likeness (QED) is 0.894. The number of aromatic nitrogens is 2. The first-order valence-corrected chi connectivity index (χ1v) is 6.58. The van der Waals surface area contributed by atoms with Crippen LogP contribution in [0.1, 0.15) is 42.1 Å². The zero-order valence-corrected chi connectivity index (χ0v) is 12.2. The zero-order chi connectivity index (χ0) is 14.2. The van der Waals surface area contributed by atoms with Crippen molar-refractivity contribution in [3.8, 4) is 11.4 Å². The first-order chi connectivity index (χ1) is 8.88. The Hall–Kier alpha value is -1.90. The Labute approximate surface area is 113 Å². The number of hydrogen-bond acceptors (Lipinski definition) is 2. The molecule has 0 saturated heterocycles. The van der Waals surface area contributed by atoms with E-state index in [9.17, 15) is 4.79 Å². The molecule has 0 aliphatic rings. The topological polar surface area (TPSA) is 45.8 Å². The van der Waals surface area contributed by atoms with Crippen molar-refractivity contribution in [2.75, 3.05) is 0 Å². The average Bonchev–Trinajstić information content (AvgIpc) is 2.25. The van der Waals surface area contributed by atoms with Crippen molar-refractivity contribution < 1.29 is 0 Å². The fourth-order valence-electron chi connectivity index (χ4n) is 2.52. The minimum absolute atomic E-state index is 0.0309. The number of aromatic amines is 1. The number of rotatable bonds is 2. The first kappa shape index (κ1) is 13.5. The maximum absolute atomic E-state index is 12.1. The van der Waals surface area contributed by atoms with E-state index >= 15 is 0 Å². The van der Waals surface area contributed by atoms with Gasteiger partial charge >= 0.3 is 0 Å². The fourth-order valence-corrected chi connectivity index (χ4v) is 2.52. The molecule has 0 radical (unpaired) electrons. The van der Waals surface area contributed by atoms with Crippen LogP contribution >= 0.6 is 0 Å². The summed E-state index contributed by atoms with van der Waals surface area (Å²) >= 11 is 0. The van der Waals surface area contributed by atoms with Crippen molar-refractivity contribution in [1.29, 1.82) is 0 Å². The Kier molecular flexibility index (Phi) is 3.56. The van der Waals surface area contributed by atoms with E-state index in [4.69, 9.17) is 0 Å². The molecule has 1 aromatic carbocycles. The molecule has 2 rings (SSSR count). The van der Waals surface area contributed by atoms with Crippen molar-refractivity contribution in [1.82, 2.24) is 9.97 Å². The highest BCUT2D eigenvalue weighted by atomic mass is 16.1. The molecular formula is C16H20N2O. The number of nitrogens with zero attached hydrogens (tertiary/aromatic N) is 1. The molecule has 0 spiro atoms. The van der Waals surface area contributed by atoms with E-state index in [2.05, 4.69) is 16.0 Å². The Balaban J connectivity index is 2.62. The van der Waals surface area contributed by atoms with Crippen molar-refractivity contribution in [3.05, 3.63) is 50.9 Å². The fraction of sp³-hybridized carbons (Fsp3) is 0.375. The van der Waals surface area contributed by atoms with Crippen LogP contribution in [-0.4, -0.2) is 9.97 Å². The predicted octanol–water partition coefficient (Wildman–Crippen LogP) is 3.49. The third-order valence-electron chi connectivity index (χ3n) is 3.22. The molecule has 0 amide bonds. The molecule has 1 aromatic heterocycles. The van der Waals surface area contributed by atoms with Gasteiger partial charge in [-0.05, 0) is 38.8 Å². The summed E-state index contributed by atoms with van der Waals surface area (Å²) in [4.78, 5) is 19.6. The number of H-pyrrole nitrogens is 1. The van der Waals surface area contributed by atoms with Gasteiger partial charge in [0.2, 0.25) is 0 Å². The molecule has 2 aromatic rings. The van der Waals surface area contributed by atoms with Crippen LogP contribution < -0.4 is 5.56 Å². The Bertz CT molecular complexity index is 649. The largest absolute Gasteiger partial charge is 0.306 e. The smallest absolute Gasteiger partial charge is 0.254 e. The lowest BCUT2D eigenvalue weighted by Crippen LogP contribution is -2.18. The molecule has 100 valence electrons. The lowest BCUT2D eigenvalue weighted by atomic mass is 10.0. The highest BCUT2D eigenvalue weighted by molar-refractivity contribution is 5.57. The van der Waals surface area contributed by atoms with Gasteiger partial charge in [0.05, 0.1) is 0 Å². The van der Waals surface area contributed by atoms with E-state index in [1.807, 2.05) is 46.8 Å². The second-order valence-corrected chi connectivity index (χ2v) is 5.44. The third-order valence-corrected chi connectivity index (χ3v) is 3.22. The minimum atomic E-state index is -0.0309. The third kappa shape index (κ3) is 2.75. The number of benzene rings is 1. The first-order valence-electron chi connectivity index (χ1n) is 6.58. The van der Waals surface area contributed by atoms with E-state index in [-0.39, 0.29) is 11.5 Å². The Morgan fingerprint density at radius 1 is 1.05 bits per heavy atom. The lowest BCUT2D eigenvalue weighted by molar-refractivity contribution is 0.815. The van der Waals surface area contributed by atoms with Crippen LogP contribution in [0.25, 0.3) is 11.4 Å². The molecule has 0 fully saturated rings. The Morgan fingerprint density at radius 3 is 2.11 bits per heavy atom. The highest BCUT2D eigenvalue weighted by Gasteiger charge is 2.12. The van der Waals surface area contributed by atoms with Gasteiger partial charge in [0.25, 0.3) is 5.56 Å². The van der Waals surface area contributed by atoms with Crippen molar-refractivity contribution in [2.45, 2.75) is 40.5 Å². The molecule has 0 saturated carbocycles. The molecular weight excluding hydrogens is 236 g/mol. The zero-order valence-electron chi connectivity index (χ0n) is 12.2. The highest BCUT2D eigenvalue weighted by Crippen LogP contribution is 2.20. The SMILES string of the molecule is Cc1cc(C)cc(-c2nc(C)c(C(C)C)c(=O)[nH]2)c1. The molecule has 19 heavy (non-hydrogen) atoms. The van der Waals surface area contributed by atoms with Crippen LogP contribution in [-0.2, 0) is 0 Å². The summed E-state index contributed by atoms with van der Waals surface area (Å²) in [6, 6.07) is 6.19. The summed E-state index contributed by atoms with van der Waals surface area (Å²) in [5, 5.41) is 0. The average molecular weight is 256 g/mol. The van der Waals surface area contributed by atoms with E-state index in [1.165, 1.54) is 11.1 Å². The van der Waals surface area contributed by atoms with E-state index in [0.717, 1.165) is 16.8 Å². The second-order valence-electron chi connectivity index (χ2n) is 5.44. The summed E-state index contributed by atoms with van der Waals surface area (Å²) in [7, 11) is 0. The van der Waals surface area contributed by atoms with Gasteiger partial charge in [-0.2, -0.15) is 0 Å². The summed E-state index contributed by atoms with van der Waals surface area (Å²) in [6.07, 6.45) is 0. The van der Waals surface area contributed by atoms with Gasteiger partial charge in [-0.25, -0.2) is 4.98 Å². The molecule has 3 nitrogen and oxygen atoms in total. The summed E-state index contributed by atoms with van der Waals surface area (Å²) in [6.45, 7) is 10.0. The maximum atomic E-state index is 12.1. The van der Waals surface area contributed by atoms with Crippen molar-refractivity contribution in [3.63, 3.8) is 0 Å². The van der Waals surface area contributed by atoms with Crippen LogP contribution in [0, 0.1) is 20.8 Å². The molecule has 0 unspecified atom stereocenters. The van der Waals surface area contributed by atoms with Crippen LogP contribution in [0.2, 0.25) is 0 Å². The number of aryl methyl sites for hydroxylation is 3. The molecule has 1 heterocycles.